The van der Waals surface area contributed by atoms with Gasteiger partial charge in [0.1, 0.15) is 0 Å². The van der Waals surface area contributed by atoms with E-state index >= 15 is 0 Å². The SMILES string of the molecule is Cc1cc(CNC(=O)[C@@H]2C[C@H](C)CN2)cc(C(F)(F)F)c1. The summed E-state index contributed by atoms with van der Waals surface area (Å²) in [5.74, 6) is 0.283. The van der Waals surface area contributed by atoms with Crippen LogP contribution in [-0.4, -0.2) is 18.5 Å². The normalized spacial score (nSPS) is 22.3. The van der Waals surface area contributed by atoms with Crippen LogP contribution in [0.25, 0.3) is 0 Å². The van der Waals surface area contributed by atoms with E-state index in [-0.39, 0.29) is 18.5 Å². The van der Waals surface area contributed by atoms with Gasteiger partial charge in [0.15, 0.2) is 0 Å². The summed E-state index contributed by atoms with van der Waals surface area (Å²) in [4.78, 5) is 11.9. The highest BCUT2D eigenvalue weighted by atomic mass is 19.4. The van der Waals surface area contributed by atoms with Gasteiger partial charge in [-0.05, 0) is 43.5 Å². The van der Waals surface area contributed by atoms with Crippen LogP contribution in [0.5, 0.6) is 0 Å². The van der Waals surface area contributed by atoms with Gasteiger partial charge in [0.25, 0.3) is 0 Å². The van der Waals surface area contributed by atoms with Crippen molar-refractivity contribution in [3.63, 3.8) is 0 Å². The summed E-state index contributed by atoms with van der Waals surface area (Å²) < 4.78 is 38.2. The third-order valence-corrected chi connectivity index (χ3v) is 3.60. The second-order valence-electron chi connectivity index (χ2n) is 5.72. The molecule has 1 fully saturated rings. The monoisotopic (exact) mass is 300 g/mol. The lowest BCUT2D eigenvalue weighted by atomic mass is 10.1. The summed E-state index contributed by atoms with van der Waals surface area (Å²) in [7, 11) is 0. The molecule has 1 amide bonds. The molecule has 0 spiro atoms. The highest BCUT2D eigenvalue weighted by Gasteiger charge is 2.31. The first-order valence-corrected chi connectivity index (χ1v) is 6.94. The Bertz CT molecular complexity index is 528. The van der Waals surface area contributed by atoms with Crippen molar-refractivity contribution in [2.45, 2.75) is 39.0 Å². The molecule has 0 radical (unpaired) electrons. The minimum Gasteiger partial charge on any atom is -0.351 e. The van der Waals surface area contributed by atoms with Gasteiger partial charge in [-0.15, -0.1) is 0 Å². The van der Waals surface area contributed by atoms with E-state index < -0.39 is 11.7 Å². The van der Waals surface area contributed by atoms with Gasteiger partial charge in [-0.25, -0.2) is 0 Å². The van der Waals surface area contributed by atoms with E-state index in [1.54, 1.807) is 13.0 Å². The van der Waals surface area contributed by atoms with Crippen molar-refractivity contribution in [1.82, 2.24) is 10.6 Å². The Balaban J connectivity index is 2.00. The van der Waals surface area contributed by atoms with E-state index in [0.29, 0.717) is 17.0 Å². The fraction of sp³-hybridized carbons (Fsp3) is 0.533. The van der Waals surface area contributed by atoms with E-state index in [0.717, 1.165) is 25.1 Å². The summed E-state index contributed by atoms with van der Waals surface area (Å²) in [6, 6.07) is 3.59. The lowest BCUT2D eigenvalue weighted by Gasteiger charge is -2.13. The zero-order valence-electron chi connectivity index (χ0n) is 12.1. The largest absolute Gasteiger partial charge is 0.416 e. The molecule has 0 aliphatic carbocycles. The smallest absolute Gasteiger partial charge is 0.351 e. The zero-order chi connectivity index (χ0) is 15.6. The number of carbonyl (C=O) groups is 1. The molecule has 0 saturated carbocycles. The Kier molecular flexibility index (Phi) is 4.56. The average molecular weight is 300 g/mol. The molecule has 1 saturated heterocycles. The van der Waals surface area contributed by atoms with Gasteiger partial charge in [-0.1, -0.05) is 18.6 Å². The molecule has 2 atom stereocenters. The number of nitrogens with one attached hydrogen (secondary N) is 2. The van der Waals surface area contributed by atoms with E-state index in [1.165, 1.54) is 0 Å². The molecule has 0 unspecified atom stereocenters. The van der Waals surface area contributed by atoms with Gasteiger partial charge in [0, 0.05) is 6.54 Å². The third kappa shape index (κ3) is 4.20. The zero-order valence-corrected chi connectivity index (χ0v) is 12.1. The summed E-state index contributed by atoms with van der Waals surface area (Å²) in [5.41, 5.74) is 0.308. The molecular formula is C15H19F3N2O. The van der Waals surface area contributed by atoms with Crippen molar-refractivity contribution in [3.8, 4) is 0 Å². The minimum atomic E-state index is -4.37. The van der Waals surface area contributed by atoms with Crippen LogP contribution in [-0.2, 0) is 17.5 Å². The van der Waals surface area contributed by atoms with Crippen LogP contribution >= 0.6 is 0 Å². The van der Waals surface area contributed by atoms with E-state index in [9.17, 15) is 18.0 Å². The maximum absolute atomic E-state index is 12.7. The average Bonchev–Trinajstić information content (AvgIpc) is 2.81. The Morgan fingerprint density at radius 2 is 2.10 bits per heavy atom. The van der Waals surface area contributed by atoms with Gasteiger partial charge < -0.3 is 10.6 Å². The summed E-state index contributed by atoms with van der Waals surface area (Å²) in [5, 5.41) is 5.80. The van der Waals surface area contributed by atoms with Crippen LogP contribution in [0.2, 0.25) is 0 Å². The second-order valence-corrected chi connectivity index (χ2v) is 5.72. The summed E-state index contributed by atoms with van der Waals surface area (Å²) >= 11 is 0. The van der Waals surface area contributed by atoms with Gasteiger partial charge in [0.05, 0.1) is 11.6 Å². The van der Waals surface area contributed by atoms with Gasteiger partial charge >= 0.3 is 6.18 Å². The lowest BCUT2D eigenvalue weighted by Crippen LogP contribution is -2.40. The predicted octanol–water partition coefficient (Wildman–Crippen LogP) is 2.63. The topological polar surface area (TPSA) is 41.1 Å². The number of amides is 1. The number of rotatable bonds is 3. The fourth-order valence-electron chi connectivity index (χ4n) is 2.55. The molecule has 1 aliphatic heterocycles. The second kappa shape index (κ2) is 6.05. The standard InChI is InChI=1S/C15H19F3N2O/c1-9-3-11(6-12(4-9)15(16,17)18)8-20-14(21)13-5-10(2)7-19-13/h3-4,6,10,13,19H,5,7-8H2,1-2H3,(H,20,21)/t10-,13-/m0/s1. The van der Waals surface area contributed by atoms with Crippen molar-refractivity contribution in [3.05, 3.63) is 34.9 Å². The molecule has 3 nitrogen and oxygen atoms in total. The maximum atomic E-state index is 12.7. The Hall–Kier alpha value is -1.56. The van der Waals surface area contributed by atoms with E-state index in [2.05, 4.69) is 17.6 Å². The van der Waals surface area contributed by atoms with Crippen LogP contribution < -0.4 is 10.6 Å². The molecule has 1 heterocycles. The first-order valence-electron chi connectivity index (χ1n) is 6.94. The molecule has 1 aromatic rings. The molecule has 2 N–H and O–H groups in total. The number of hydrogen-bond acceptors (Lipinski definition) is 2. The Morgan fingerprint density at radius 3 is 2.67 bits per heavy atom. The van der Waals surface area contributed by atoms with Crippen molar-refractivity contribution >= 4 is 5.91 Å². The Morgan fingerprint density at radius 1 is 1.38 bits per heavy atom. The fourth-order valence-corrected chi connectivity index (χ4v) is 2.55. The molecule has 1 aromatic carbocycles. The van der Waals surface area contributed by atoms with Crippen molar-refractivity contribution in [2.24, 2.45) is 5.92 Å². The highest BCUT2D eigenvalue weighted by Crippen LogP contribution is 2.30. The number of hydrogen-bond donors (Lipinski definition) is 2. The predicted molar refractivity (Wildman–Crippen MR) is 73.6 cm³/mol. The maximum Gasteiger partial charge on any atom is 0.416 e. The molecule has 2 rings (SSSR count). The summed E-state index contributed by atoms with van der Waals surface area (Å²) in [6.45, 7) is 4.56. The van der Waals surface area contributed by atoms with Crippen LogP contribution in [0, 0.1) is 12.8 Å². The number of aryl methyl sites for hydroxylation is 1. The molecule has 21 heavy (non-hydrogen) atoms. The quantitative estimate of drug-likeness (QED) is 0.901. The van der Waals surface area contributed by atoms with Crippen LogP contribution in [0.15, 0.2) is 18.2 Å². The minimum absolute atomic E-state index is 0.107. The molecule has 116 valence electrons. The molecular weight excluding hydrogens is 281 g/mol. The first-order chi connectivity index (χ1) is 9.75. The third-order valence-electron chi connectivity index (χ3n) is 3.60. The first kappa shape index (κ1) is 15.8. The van der Waals surface area contributed by atoms with Crippen LogP contribution in [0.1, 0.15) is 30.0 Å². The molecule has 0 bridgehead atoms. The molecule has 1 aliphatic rings. The molecule has 0 aromatic heterocycles. The van der Waals surface area contributed by atoms with E-state index in [4.69, 9.17) is 0 Å². The van der Waals surface area contributed by atoms with Crippen molar-refractivity contribution in [1.29, 1.82) is 0 Å². The van der Waals surface area contributed by atoms with E-state index in [1.807, 2.05) is 0 Å². The van der Waals surface area contributed by atoms with Gasteiger partial charge in [0.2, 0.25) is 5.91 Å². The lowest BCUT2D eigenvalue weighted by molar-refractivity contribution is -0.137. The number of carbonyl (C=O) groups excluding carboxylic acids is 1. The van der Waals surface area contributed by atoms with Crippen molar-refractivity contribution in [2.75, 3.05) is 6.54 Å². The highest BCUT2D eigenvalue weighted by molar-refractivity contribution is 5.82. The van der Waals surface area contributed by atoms with Crippen molar-refractivity contribution < 1.29 is 18.0 Å². The number of alkyl halides is 3. The van der Waals surface area contributed by atoms with Gasteiger partial charge in [-0.2, -0.15) is 13.2 Å². The summed E-state index contributed by atoms with van der Waals surface area (Å²) in [6.07, 6.45) is -3.61. The van der Waals surface area contributed by atoms with Gasteiger partial charge in [-0.3, -0.25) is 4.79 Å². The number of benzene rings is 1. The molecule has 6 heteroatoms. The number of halogens is 3. The van der Waals surface area contributed by atoms with Crippen LogP contribution in [0.4, 0.5) is 13.2 Å². The van der Waals surface area contributed by atoms with Crippen LogP contribution in [0.3, 0.4) is 0 Å². The Labute approximate surface area is 121 Å².